The fourth-order valence-electron chi connectivity index (χ4n) is 6.06. The first-order valence-corrected chi connectivity index (χ1v) is 18.6. The van der Waals surface area contributed by atoms with Crippen molar-refractivity contribution in [1.82, 2.24) is 19.5 Å². The smallest absolute Gasteiger partial charge is 0.222 e. The van der Waals surface area contributed by atoms with Gasteiger partial charge in [0.1, 0.15) is 5.82 Å². The largest absolute Gasteiger partial charge is 0.493 e. The summed E-state index contributed by atoms with van der Waals surface area (Å²) in [4.78, 5) is 14.2. The highest BCUT2D eigenvalue weighted by atomic mass is 28.3. The minimum atomic E-state index is -1.67. The molecule has 45 heavy (non-hydrogen) atoms. The SMILES string of the molecule is Cn1c(-c2cccnc2O)nc2c(-c3cc(-c4ccccc4)cc(-c4cc(-c5ccccc5)c([Si](C)(C)C)cn4)c3)cccc21. The zero-order valence-electron chi connectivity index (χ0n) is 25.9. The van der Waals surface area contributed by atoms with Crippen molar-refractivity contribution in [2.45, 2.75) is 19.6 Å². The zero-order valence-corrected chi connectivity index (χ0v) is 26.9. The Hall–Kier alpha value is -5.33. The normalized spacial score (nSPS) is 11.6. The molecule has 5 nitrogen and oxygen atoms in total. The summed E-state index contributed by atoms with van der Waals surface area (Å²) < 4.78 is 2.01. The van der Waals surface area contributed by atoms with Gasteiger partial charge >= 0.3 is 0 Å². The molecule has 0 aliphatic carbocycles. The number of fused-ring (bicyclic) bond motifs is 1. The number of rotatable bonds is 6. The molecule has 0 radical (unpaired) electrons. The highest BCUT2D eigenvalue weighted by molar-refractivity contribution is 6.89. The van der Waals surface area contributed by atoms with Crippen molar-refractivity contribution in [3.05, 3.63) is 128 Å². The summed E-state index contributed by atoms with van der Waals surface area (Å²) in [6, 6.07) is 40.0. The van der Waals surface area contributed by atoms with Gasteiger partial charge in [0.05, 0.1) is 30.4 Å². The van der Waals surface area contributed by atoms with Gasteiger partial charge in [-0.2, -0.15) is 0 Å². The first-order chi connectivity index (χ1) is 21.8. The van der Waals surface area contributed by atoms with Crippen LogP contribution in [0.1, 0.15) is 0 Å². The van der Waals surface area contributed by atoms with Gasteiger partial charge in [-0.25, -0.2) is 9.97 Å². The van der Waals surface area contributed by atoms with Crippen LogP contribution in [0.25, 0.3) is 67.1 Å². The fraction of sp³-hybridized carbons (Fsp3) is 0.103. The highest BCUT2D eigenvalue weighted by Crippen LogP contribution is 2.38. The van der Waals surface area contributed by atoms with Crippen molar-refractivity contribution in [2.75, 3.05) is 0 Å². The summed E-state index contributed by atoms with van der Waals surface area (Å²) in [6.07, 6.45) is 3.68. The number of aromatic nitrogens is 4. The van der Waals surface area contributed by atoms with Crippen molar-refractivity contribution >= 4 is 24.3 Å². The van der Waals surface area contributed by atoms with E-state index < -0.39 is 8.07 Å². The van der Waals surface area contributed by atoms with Crippen LogP contribution in [0.4, 0.5) is 0 Å². The maximum Gasteiger partial charge on any atom is 0.222 e. The molecule has 0 aliphatic heterocycles. The number of hydrogen-bond acceptors (Lipinski definition) is 4. The molecule has 1 N–H and O–H groups in total. The summed E-state index contributed by atoms with van der Waals surface area (Å²) in [5.41, 5.74) is 11.2. The Morgan fingerprint density at radius 1 is 0.600 bits per heavy atom. The minimum Gasteiger partial charge on any atom is -0.493 e. The second-order valence-electron chi connectivity index (χ2n) is 12.4. The standard InChI is InChI=1S/C39H34N4OSi/c1-43-35-19-11-17-31(37(35)42-38(43)32-18-12-20-40-39(32)44)29-21-28(26-13-7-5-8-14-26)22-30(23-29)34-24-33(27-15-9-6-10-16-27)36(25-41-34)45(2,3)4/h5-25H,1-4H3,(H,40,44). The maximum absolute atomic E-state index is 10.5. The van der Waals surface area contributed by atoms with E-state index >= 15 is 0 Å². The first-order valence-electron chi connectivity index (χ1n) is 15.1. The Kier molecular flexibility index (Phi) is 7.14. The van der Waals surface area contributed by atoms with Crippen LogP contribution in [0.5, 0.6) is 5.88 Å². The molecule has 7 rings (SSSR count). The molecular formula is C39H34N4OSi. The molecule has 0 unspecified atom stereocenters. The number of nitrogens with zero attached hydrogens (tertiary/aromatic N) is 4. The van der Waals surface area contributed by atoms with Gasteiger partial charge in [-0.15, -0.1) is 0 Å². The number of para-hydroxylation sites is 1. The van der Waals surface area contributed by atoms with E-state index in [0.717, 1.165) is 44.5 Å². The van der Waals surface area contributed by atoms with Gasteiger partial charge in [0.2, 0.25) is 5.88 Å². The number of imidazole rings is 1. The number of hydrogen-bond donors (Lipinski definition) is 1. The number of aromatic hydroxyl groups is 1. The lowest BCUT2D eigenvalue weighted by Gasteiger charge is -2.22. The Morgan fingerprint density at radius 2 is 1.27 bits per heavy atom. The number of pyridine rings is 2. The summed E-state index contributed by atoms with van der Waals surface area (Å²) in [5, 5.41) is 11.9. The molecule has 6 heteroatoms. The quantitative estimate of drug-likeness (QED) is 0.193. The van der Waals surface area contributed by atoms with E-state index in [-0.39, 0.29) is 5.88 Å². The van der Waals surface area contributed by atoms with Crippen LogP contribution in [-0.4, -0.2) is 32.7 Å². The van der Waals surface area contributed by atoms with Gasteiger partial charge in [-0.1, -0.05) is 92.4 Å². The average Bonchev–Trinajstić information content (AvgIpc) is 3.41. The lowest BCUT2D eigenvalue weighted by molar-refractivity contribution is 0.455. The molecule has 0 aliphatic rings. The van der Waals surface area contributed by atoms with Crippen molar-refractivity contribution in [1.29, 1.82) is 0 Å². The molecule has 220 valence electrons. The molecule has 3 heterocycles. The van der Waals surface area contributed by atoms with Crippen molar-refractivity contribution < 1.29 is 5.11 Å². The van der Waals surface area contributed by atoms with Crippen molar-refractivity contribution in [3.8, 4) is 61.9 Å². The third-order valence-corrected chi connectivity index (χ3v) is 10.4. The van der Waals surface area contributed by atoms with E-state index in [9.17, 15) is 5.11 Å². The predicted octanol–water partition coefficient (Wildman–Crippen LogP) is 8.95. The van der Waals surface area contributed by atoms with Gasteiger partial charge in [0, 0.05) is 30.6 Å². The molecule has 3 aromatic heterocycles. The maximum atomic E-state index is 10.5. The number of benzene rings is 4. The lowest BCUT2D eigenvalue weighted by Crippen LogP contribution is -2.39. The van der Waals surface area contributed by atoms with Crippen LogP contribution in [-0.2, 0) is 7.05 Å². The molecule has 7 aromatic rings. The lowest BCUT2D eigenvalue weighted by atomic mass is 9.93. The molecule has 0 atom stereocenters. The Morgan fingerprint density at radius 3 is 1.98 bits per heavy atom. The van der Waals surface area contributed by atoms with Crippen molar-refractivity contribution in [2.24, 2.45) is 7.05 Å². The molecule has 0 fully saturated rings. The van der Waals surface area contributed by atoms with Gasteiger partial charge in [-0.05, 0) is 75.5 Å². The second kappa shape index (κ2) is 11.3. The van der Waals surface area contributed by atoms with Gasteiger partial charge in [0.25, 0.3) is 0 Å². The van der Waals surface area contributed by atoms with Gasteiger partial charge in [-0.3, -0.25) is 4.98 Å². The van der Waals surface area contributed by atoms with E-state index in [0.29, 0.717) is 11.4 Å². The van der Waals surface area contributed by atoms with Crippen LogP contribution in [0.2, 0.25) is 19.6 Å². The van der Waals surface area contributed by atoms with Gasteiger partial charge < -0.3 is 9.67 Å². The molecule has 0 spiro atoms. The molecular weight excluding hydrogens is 569 g/mol. The topological polar surface area (TPSA) is 63.8 Å². The Balaban J connectivity index is 1.46. The summed E-state index contributed by atoms with van der Waals surface area (Å²) >= 11 is 0. The monoisotopic (exact) mass is 602 g/mol. The van der Waals surface area contributed by atoms with E-state index in [1.807, 2.05) is 29.8 Å². The zero-order chi connectivity index (χ0) is 31.1. The van der Waals surface area contributed by atoms with E-state index in [1.165, 1.54) is 16.3 Å². The number of aryl methyl sites for hydroxylation is 1. The third-order valence-electron chi connectivity index (χ3n) is 8.38. The second-order valence-corrected chi connectivity index (χ2v) is 17.5. The highest BCUT2D eigenvalue weighted by Gasteiger charge is 2.23. The fourth-order valence-corrected chi connectivity index (χ4v) is 7.53. The van der Waals surface area contributed by atoms with Crippen LogP contribution in [0.3, 0.4) is 0 Å². The molecule has 0 bridgehead atoms. The summed E-state index contributed by atoms with van der Waals surface area (Å²) in [7, 11) is 0.301. The van der Waals surface area contributed by atoms with E-state index in [2.05, 4.69) is 128 Å². The molecule has 0 saturated heterocycles. The van der Waals surface area contributed by atoms with Crippen molar-refractivity contribution in [3.63, 3.8) is 0 Å². The minimum absolute atomic E-state index is 0.0344. The average molecular weight is 603 g/mol. The van der Waals surface area contributed by atoms with Crippen LogP contribution in [0.15, 0.2) is 128 Å². The molecule has 0 saturated carbocycles. The summed E-state index contributed by atoms with van der Waals surface area (Å²) in [6.45, 7) is 7.12. The molecule has 4 aromatic carbocycles. The van der Waals surface area contributed by atoms with Crippen LogP contribution in [0, 0.1) is 0 Å². The van der Waals surface area contributed by atoms with Crippen LogP contribution >= 0.6 is 0 Å². The Labute approximate surface area is 264 Å². The predicted molar refractivity (Wildman–Crippen MR) is 188 cm³/mol. The Bertz CT molecular complexity index is 2170. The first kappa shape index (κ1) is 28.4. The van der Waals surface area contributed by atoms with E-state index in [1.54, 1.807) is 6.20 Å². The third kappa shape index (κ3) is 5.34. The molecule has 0 amide bonds. The van der Waals surface area contributed by atoms with E-state index in [4.69, 9.17) is 9.97 Å². The van der Waals surface area contributed by atoms with Crippen LogP contribution < -0.4 is 5.19 Å². The van der Waals surface area contributed by atoms with Gasteiger partial charge in [0.15, 0.2) is 0 Å². The summed E-state index contributed by atoms with van der Waals surface area (Å²) in [5.74, 6) is 0.631.